The summed E-state index contributed by atoms with van der Waals surface area (Å²) in [5, 5.41) is 0. The van der Waals surface area contributed by atoms with Crippen LogP contribution in [0.3, 0.4) is 0 Å². The predicted octanol–water partition coefficient (Wildman–Crippen LogP) is 4.34. The number of hydrogen-bond donors (Lipinski definition) is 0. The van der Waals surface area contributed by atoms with E-state index >= 15 is 0 Å². The van der Waals surface area contributed by atoms with E-state index in [1.54, 1.807) is 0 Å². The third kappa shape index (κ3) is 3.19. The molecule has 84 valence electrons. The SMILES string of the molecule is CC.CC(C)P1OCc2ccccc2O1. The second-order valence-electron chi connectivity index (χ2n) is 3.35. The van der Waals surface area contributed by atoms with Gasteiger partial charge in [0.1, 0.15) is 5.75 Å². The fourth-order valence-electron chi connectivity index (χ4n) is 1.22. The van der Waals surface area contributed by atoms with E-state index in [1.807, 2.05) is 38.1 Å². The third-order valence-electron chi connectivity index (χ3n) is 1.93. The molecule has 1 heterocycles. The van der Waals surface area contributed by atoms with Crippen LogP contribution in [0.1, 0.15) is 33.3 Å². The molecule has 0 saturated heterocycles. The highest BCUT2D eigenvalue weighted by molar-refractivity contribution is 7.48. The maximum atomic E-state index is 5.74. The second kappa shape index (κ2) is 6.09. The predicted molar refractivity (Wildman–Crippen MR) is 65.3 cm³/mol. The maximum absolute atomic E-state index is 5.74. The first-order chi connectivity index (χ1) is 7.27. The van der Waals surface area contributed by atoms with Crippen LogP contribution in [0.4, 0.5) is 0 Å². The van der Waals surface area contributed by atoms with Crippen LogP contribution in [0.15, 0.2) is 24.3 Å². The van der Waals surface area contributed by atoms with E-state index < -0.39 is 8.38 Å². The Hall–Kier alpha value is -0.590. The molecule has 0 spiro atoms. The van der Waals surface area contributed by atoms with Gasteiger partial charge in [-0.2, -0.15) is 0 Å². The largest absolute Gasteiger partial charge is 0.447 e. The monoisotopic (exact) mass is 226 g/mol. The molecule has 0 saturated carbocycles. The van der Waals surface area contributed by atoms with Gasteiger partial charge in [0.15, 0.2) is 0 Å². The first-order valence-electron chi connectivity index (χ1n) is 5.45. The fourth-order valence-corrected chi connectivity index (χ4v) is 2.42. The first kappa shape index (κ1) is 12.5. The molecular formula is C12H19O2P. The second-order valence-corrected chi connectivity index (χ2v) is 5.40. The summed E-state index contributed by atoms with van der Waals surface area (Å²) in [7, 11) is -0.717. The molecule has 0 aromatic heterocycles. The van der Waals surface area contributed by atoms with Crippen LogP contribution in [0, 0.1) is 0 Å². The average Bonchev–Trinajstić information content (AvgIpc) is 2.31. The van der Waals surface area contributed by atoms with E-state index in [4.69, 9.17) is 9.05 Å². The summed E-state index contributed by atoms with van der Waals surface area (Å²) in [6.07, 6.45) is 0. The summed E-state index contributed by atoms with van der Waals surface area (Å²) < 4.78 is 11.3. The molecule has 1 aliphatic heterocycles. The maximum Gasteiger partial charge on any atom is 0.233 e. The van der Waals surface area contributed by atoms with E-state index in [0.29, 0.717) is 12.3 Å². The summed E-state index contributed by atoms with van der Waals surface area (Å²) >= 11 is 0. The minimum atomic E-state index is -0.717. The summed E-state index contributed by atoms with van der Waals surface area (Å²) in [6.45, 7) is 8.94. The molecule has 1 aromatic rings. The van der Waals surface area contributed by atoms with Gasteiger partial charge in [-0.15, -0.1) is 0 Å². The molecular weight excluding hydrogens is 207 g/mol. The van der Waals surface area contributed by atoms with Crippen LogP contribution in [0.5, 0.6) is 5.75 Å². The molecule has 0 radical (unpaired) electrons. The van der Waals surface area contributed by atoms with Crippen molar-refractivity contribution in [2.75, 3.05) is 0 Å². The Labute approximate surface area is 93.5 Å². The van der Waals surface area contributed by atoms with Gasteiger partial charge >= 0.3 is 0 Å². The Morgan fingerprint density at radius 1 is 1.20 bits per heavy atom. The Balaban J connectivity index is 0.000000531. The van der Waals surface area contributed by atoms with Crippen molar-refractivity contribution in [1.29, 1.82) is 0 Å². The Morgan fingerprint density at radius 2 is 1.87 bits per heavy atom. The Kier molecular flexibility index (Phi) is 5.07. The normalized spacial score (nSPS) is 18.6. The van der Waals surface area contributed by atoms with E-state index in [9.17, 15) is 0 Å². The van der Waals surface area contributed by atoms with Gasteiger partial charge in [0.25, 0.3) is 0 Å². The summed E-state index contributed by atoms with van der Waals surface area (Å²) in [6, 6.07) is 8.06. The lowest BCUT2D eigenvalue weighted by molar-refractivity contribution is 0.273. The number of fused-ring (bicyclic) bond motifs is 1. The van der Waals surface area contributed by atoms with Crippen LogP contribution in [0.2, 0.25) is 0 Å². The molecule has 2 rings (SSSR count). The standard InChI is InChI=1S/C10H13O2P.C2H6/c1-8(2)13-11-7-9-5-3-4-6-10(9)12-13;1-2/h3-6,8H,7H2,1-2H3;1-2H3. The van der Waals surface area contributed by atoms with Crippen LogP contribution in [-0.4, -0.2) is 5.66 Å². The highest BCUT2D eigenvalue weighted by atomic mass is 31.2. The molecule has 3 heteroatoms. The van der Waals surface area contributed by atoms with Crippen LogP contribution in [-0.2, 0) is 11.1 Å². The van der Waals surface area contributed by atoms with Crippen LogP contribution in [0.25, 0.3) is 0 Å². The van der Waals surface area contributed by atoms with Crippen molar-refractivity contribution in [2.45, 2.75) is 40.0 Å². The quantitative estimate of drug-likeness (QED) is 0.663. The lowest BCUT2D eigenvalue weighted by Gasteiger charge is -2.27. The molecule has 2 nitrogen and oxygen atoms in total. The molecule has 1 unspecified atom stereocenters. The molecule has 1 aromatic carbocycles. The molecule has 15 heavy (non-hydrogen) atoms. The van der Waals surface area contributed by atoms with Crippen molar-refractivity contribution < 1.29 is 9.05 Å². The molecule has 1 atom stereocenters. The smallest absolute Gasteiger partial charge is 0.233 e. The Bertz CT molecular complexity index is 299. The molecule has 0 aliphatic carbocycles. The average molecular weight is 226 g/mol. The number of benzene rings is 1. The van der Waals surface area contributed by atoms with Crippen molar-refractivity contribution in [3.63, 3.8) is 0 Å². The summed E-state index contributed by atoms with van der Waals surface area (Å²) in [4.78, 5) is 0. The van der Waals surface area contributed by atoms with Crippen LogP contribution >= 0.6 is 8.38 Å². The molecule has 0 bridgehead atoms. The van der Waals surface area contributed by atoms with Gasteiger partial charge in [0.05, 0.1) is 6.61 Å². The summed E-state index contributed by atoms with van der Waals surface area (Å²) in [5.74, 6) is 0.994. The number of rotatable bonds is 1. The Morgan fingerprint density at radius 3 is 2.53 bits per heavy atom. The zero-order chi connectivity index (χ0) is 11.3. The fraction of sp³-hybridized carbons (Fsp3) is 0.500. The van der Waals surface area contributed by atoms with Gasteiger partial charge < -0.3 is 9.05 Å². The lowest BCUT2D eigenvalue weighted by Crippen LogP contribution is -2.09. The van der Waals surface area contributed by atoms with Gasteiger partial charge in [-0.1, -0.05) is 45.9 Å². The van der Waals surface area contributed by atoms with Crippen molar-refractivity contribution in [2.24, 2.45) is 0 Å². The molecule has 1 aliphatic rings. The molecule has 0 fully saturated rings. The van der Waals surface area contributed by atoms with E-state index in [2.05, 4.69) is 13.8 Å². The van der Waals surface area contributed by atoms with Crippen molar-refractivity contribution in [3.8, 4) is 5.75 Å². The van der Waals surface area contributed by atoms with Gasteiger partial charge in [-0.05, 0) is 6.07 Å². The van der Waals surface area contributed by atoms with E-state index in [1.165, 1.54) is 0 Å². The van der Waals surface area contributed by atoms with Gasteiger partial charge in [-0.3, -0.25) is 0 Å². The number of hydrogen-bond acceptors (Lipinski definition) is 2. The van der Waals surface area contributed by atoms with Crippen molar-refractivity contribution in [1.82, 2.24) is 0 Å². The van der Waals surface area contributed by atoms with Crippen molar-refractivity contribution >= 4 is 8.38 Å². The molecule has 0 amide bonds. The highest BCUT2D eigenvalue weighted by Crippen LogP contribution is 2.49. The van der Waals surface area contributed by atoms with Crippen molar-refractivity contribution in [3.05, 3.63) is 29.8 Å². The zero-order valence-electron chi connectivity index (χ0n) is 9.86. The molecule has 0 N–H and O–H groups in total. The topological polar surface area (TPSA) is 18.5 Å². The lowest BCUT2D eigenvalue weighted by atomic mass is 10.2. The van der Waals surface area contributed by atoms with E-state index in [-0.39, 0.29) is 0 Å². The zero-order valence-corrected chi connectivity index (χ0v) is 10.8. The number of para-hydroxylation sites is 1. The van der Waals surface area contributed by atoms with Crippen LogP contribution < -0.4 is 4.52 Å². The minimum absolute atomic E-state index is 0.461. The highest BCUT2D eigenvalue weighted by Gasteiger charge is 2.23. The van der Waals surface area contributed by atoms with E-state index in [0.717, 1.165) is 11.3 Å². The minimum Gasteiger partial charge on any atom is -0.447 e. The van der Waals surface area contributed by atoms with Gasteiger partial charge in [0.2, 0.25) is 8.38 Å². The summed E-state index contributed by atoms with van der Waals surface area (Å²) in [5.41, 5.74) is 1.62. The first-order valence-corrected chi connectivity index (χ1v) is 6.70. The van der Waals surface area contributed by atoms with Gasteiger partial charge in [-0.25, -0.2) is 0 Å². The van der Waals surface area contributed by atoms with Gasteiger partial charge in [0, 0.05) is 11.2 Å². The third-order valence-corrected chi connectivity index (χ3v) is 3.53.